The van der Waals surface area contributed by atoms with E-state index in [9.17, 15) is 4.79 Å². The molecule has 3 N–H and O–H groups in total. The fraction of sp³-hybridized carbons (Fsp3) is 0.154. The van der Waals surface area contributed by atoms with E-state index in [2.05, 4.69) is 21.2 Å². The molecule has 1 aromatic heterocycles. The Morgan fingerprint density at radius 2 is 2.25 bits per heavy atom. The first kappa shape index (κ1) is 15.2. The topological polar surface area (TPSA) is 64.4 Å². The summed E-state index contributed by atoms with van der Waals surface area (Å²) in [5, 5.41) is 3.26. The molecular weight excluding hydrogens is 364 g/mol. The maximum absolute atomic E-state index is 10.7. The normalized spacial score (nSPS) is 10.3. The molecule has 0 spiro atoms. The Kier molecular flexibility index (Phi) is 5.28. The van der Waals surface area contributed by atoms with E-state index in [1.807, 2.05) is 24.3 Å². The van der Waals surface area contributed by atoms with Crippen LogP contribution in [0.2, 0.25) is 4.34 Å². The average Bonchev–Trinajstić information content (AvgIpc) is 2.74. The quantitative estimate of drug-likeness (QED) is 0.810. The molecule has 1 aromatic carbocycles. The molecule has 2 rings (SSSR count). The van der Waals surface area contributed by atoms with E-state index in [0.29, 0.717) is 12.3 Å². The van der Waals surface area contributed by atoms with Crippen molar-refractivity contribution in [2.45, 2.75) is 6.54 Å². The third-order valence-electron chi connectivity index (χ3n) is 2.38. The Bertz CT molecular complexity index is 599. The van der Waals surface area contributed by atoms with Gasteiger partial charge in [-0.15, -0.1) is 11.3 Å². The van der Waals surface area contributed by atoms with Gasteiger partial charge in [-0.05, 0) is 34.1 Å². The lowest BCUT2D eigenvalue weighted by Gasteiger charge is -2.08. The highest BCUT2D eigenvalue weighted by molar-refractivity contribution is 9.10. The molecule has 0 atom stereocenters. The zero-order chi connectivity index (χ0) is 14.5. The molecule has 2 aromatic rings. The first-order chi connectivity index (χ1) is 9.54. The minimum atomic E-state index is -0.499. The summed E-state index contributed by atoms with van der Waals surface area (Å²) in [6.45, 7) is 0.534. The second-order valence-electron chi connectivity index (χ2n) is 3.97. The maximum atomic E-state index is 10.7. The number of amides is 1. The van der Waals surface area contributed by atoms with Crippen LogP contribution in [0.4, 0.5) is 5.69 Å². The van der Waals surface area contributed by atoms with Crippen molar-refractivity contribution in [1.29, 1.82) is 0 Å². The van der Waals surface area contributed by atoms with E-state index in [-0.39, 0.29) is 6.61 Å². The number of ether oxygens (including phenoxy) is 1. The summed E-state index contributed by atoms with van der Waals surface area (Å²) in [5.74, 6) is 0.0978. The number of nitrogens with two attached hydrogens (primary N) is 1. The van der Waals surface area contributed by atoms with Crippen molar-refractivity contribution in [3.8, 4) is 5.75 Å². The molecule has 106 valence electrons. The summed E-state index contributed by atoms with van der Waals surface area (Å²) in [5.41, 5.74) is 5.93. The Balaban J connectivity index is 1.95. The van der Waals surface area contributed by atoms with Gasteiger partial charge in [0.2, 0.25) is 0 Å². The zero-order valence-electron chi connectivity index (χ0n) is 10.4. The molecule has 0 unspecified atom stereocenters. The van der Waals surface area contributed by atoms with Crippen LogP contribution in [0, 0.1) is 0 Å². The lowest BCUT2D eigenvalue weighted by Crippen LogP contribution is -2.20. The van der Waals surface area contributed by atoms with Gasteiger partial charge in [-0.25, -0.2) is 0 Å². The predicted molar refractivity (Wildman–Crippen MR) is 85.5 cm³/mol. The molecule has 0 saturated carbocycles. The van der Waals surface area contributed by atoms with Crippen LogP contribution in [0.1, 0.15) is 4.88 Å². The van der Waals surface area contributed by atoms with Gasteiger partial charge in [0.1, 0.15) is 10.1 Å². The zero-order valence-corrected chi connectivity index (χ0v) is 13.5. The number of benzene rings is 1. The smallest absolute Gasteiger partial charge is 0.255 e. The second-order valence-corrected chi connectivity index (χ2v) is 6.56. The van der Waals surface area contributed by atoms with Crippen LogP contribution in [0.15, 0.2) is 34.8 Å². The van der Waals surface area contributed by atoms with Crippen molar-refractivity contribution in [1.82, 2.24) is 0 Å². The molecule has 0 aliphatic heterocycles. The summed E-state index contributed by atoms with van der Waals surface area (Å²) in [6.07, 6.45) is 0. The van der Waals surface area contributed by atoms with E-state index < -0.39 is 5.91 Å². The monoisotopic (exact) mass is 374 g/mol. The highest BCUT2D eigenvalue weighted by Gasteiger charge is 2.05. The molecule has 1 amide bonds. The Labute approximate surface area is 134 Å². The molecular formula is C13H12BrClN2O2S. The molecule has 0 bridgehead atoms. The number of hydrogen-bond acceptors (Lipinski definition) is 4. The third kappa shape index (κ3) is 4.40. The summed E-state index contributed by atoms with van der Waals surface area (Å²) in [7, 11) is 0. The van der Waals surface area contributed by atoms with E-state index >= 15 is 0 Å². The third-order valence-corrected chi connectivity index (χ3v) is 4.85. The molecule has 0 fully saturated rings. The van der Waals surface area contributed by atoms with Gasteiger partial charge in [0.15, 0.2) is 6.61 Å². The Morgan fingerprint density at radius 3 is 2.90 bits per heavy atom. The number of carbonyl (C=O) groups excluding carboxylic acids is 1. The molecule has 4 nitrogen and oxygen atoms in total. The van der Waals surface area contributed by atoms with Gasteiger partial charge in [0.25, 0.3) is 5.91 Å². The summed E-state index contributed by atoms with van der Waals surface area (Å²) < 4.78 is 6.88. The van der Waals surface area contributed by atoms with Gasteiger partial charge >= 0.3 is 0 Å². The molecule has 0 aliphatic rings. The van der Waals surface area contributed by atoms with Crippen molar-refractivity contribution in [3.05, 3.63) is 44.0 Å². The fourth-order valence-electron chi connectivity index (χ4n) is 1.52. The number of rotatable bonds is 6. The molecule has 0 radical (unpaired) electrons. The van der Waals surface area contributed by atoms with Crippen LogP contribution in [-0.4, -0.2) is 12.5 Å². The number of hydrogen-bond donors (Lipinski definition) is 2. The molecule has 0 aliphatic carbocycles. The van der Waals surface area contributed by atoms with Crippen LogP contribution in [0.25, 0.3) is 0 Å². The maximum Gasteiger partial charge on any atom is 0.255 e. The van der Waals surface area contributed by atoms with Gasteiger partial charge in [-0.1, -0.05) is 17.7 Å². The summed E-state index contributed by atoms with van der Waals surface area (Å²) in [6, 6.07) is 9.32. The van der Waals surface area contributed by atoms with E-state index in [1.165, 1.54) is 11.3 Å². The van der Waals surface area contributed by atoms with Gasteiger partial charge in [-0.3, -0.25) is 4.79 Å². The largest absolute Gasteiger partial charge is 0.484 e. The van der Waals surface area contributed by atoms with E-state index in [4.69, 9.17) is 22.1 Å². The number of primary amides is 1. The summed E-state index contributed by atoms with van der Waals surface area (Å²) >= 11 is 10.9. The average molecular weight is 376 g/mol. The SMILES string of the molecule is NC(=O)COc1cccc(NCc2cc(Br)c(Cl)s2)c1. The fourth-order valence-corrected chi connectivity index (χ4v) is 3.25. The lowest BCUT2D eigenvalue weighted by atomic mass is 10.3. The van der Waals surface area contributed by atoms with Crippen LogP contribution >= 0.6 is 38.9 Å². The van der Waals surface area contributed by atoms with Crippen molar-refractivity contribution in [3.63, 3.8) is 0 Å². The number of carbonyl (C=O) groups is 1. The van der Waals surface area contributed by atoms with Gasteiger partial charge in [-0.2, -0.15) is 0 Å². The Hall–Kier alpha value is -1.24. The molecule has 20 heavy (non-hydrogen) atoms. The first-order valence-electron chi connectivity index (χ1n) is 5.73. The molecule has 7 heteroatoms. The van der Waals surface area contributed by atoms with E-state index in [1.54, 1.807) is 6.07 Å². The highest BCUT2D eigenvalue weighted by Crippen LogP contribution is 2.32. The lowest BCUT2D eigenvalue weighted by molar-refractivity contribution is -0.119. The van der Waals surface area contributed by atoms with Crippen molar-refractivity contribution in [2.24, 2.45) is 5.73 Å². The van der Waals surface area contributed by atoms with E-state index in [0.717, 1.165) is 19.4 Å². The number of thiophene rings is 1. The second kappa shape index (κ2) is 6.97. The van der Waals surface area contributed by atoms with Crippen LogP contribution in [0.3, 0.4) is 0 Å². The minimum Gasteiger partial charge on any atom is -0.484 e. The Morgan fingerprint density at radius 1 is 1.45 bits per heavy atom. The van der Waals surface area contributed by atoms with Crippen LogP contribution in [0.5, 0.6) is 5.75 Å². The number of halogens is 2. The number of nitrogens with one attached hydrogen (secondary N) is 1. The van der Waals surface area contributed by atoms with Crippen molar-refractivity contribution >= 4 is 50.5 Å². The molecule has 1 heterocycles. The number of anilines is 1. The van der Waals surface area contributed by atoms with Gasteiger partial charge < -0.3 is 15.8 Å². The standard InChI is InChI=1S/C13H12BrClN2O2S/c14-11-5-10(20-13(11)15)6-17-8-2-1-3-9(4-8)19-7-12(16)18/h1-5,17H,6-7H2,(H2,16,18). The first-order valence-corrected chi connectivity index (χ1v) is 7.72. The van der Waals surface area contributed by atoms with Gasteiger partial charge in [0.05, 0.1) is 0 Å². The predicted octanol–water partition coefficient (Wildman–Crippen LogP) is 3.64. The minimum absolute atomic E-state index is 0.128. The van der Waals surface area contributed by atoms with Gasteiger partial charge in [0, 0.05) is 27.6 Å². The summed E-state index contributed by atoms with van der Waals surface area (Å²) in [4.78, 5) is 11.8. The van der Waals surface area contributed by atoms with Crippen molar-refractivity contribution in [2.75, 3.05) is 11.9 Å². The van der Waals surface area contributed by atoms with Crippen LogP contribution < -0.4 is 15.8 Å². The van der Waals surface area contributed by atoms with Crippen LogP contribution in [-0.2, 0) is 11.3 Å². The van der Waals surface area contributed by atoms with Crippen molar-refractivity contribution < 1.29 is 9.53 Å². The highest BCUT2D eigenvalue weighted by atomic mass is 79.9. The molecule has 0 saturated heterocycles.